The third-order valence-electron chi connectivity index (χ3n) is 2.90. The molecular formula is C14H11NO2. The first kappa shape index (κ1) is 10.0. The number of rotatable bonds is 1. The number of pyridine rings is 1. The van der Waals surface area contributed by atoms with Crippen molar-refractivity contribution >= 4 is 5.78 Å². The Labute approximate surface area is 99.1 Å². The number of nitrogens with zero attached hydrogens (tertiary/aromatic N) is 1. The van der Waals surface area contributed by atoms with Crippen molar-refractivity contribution in [1.29, 1.82) is 0 Å². The first-order chi connectivity index (χ1) is 8.24. The molecule has 1 aliphatic rings. The normalized spacial score (nSPS) is 12.3. The predicted molar refractivity (Wildman–Crippen MR) is 63.6 cm³/mol. The van der Waals surface area contributed by atoms with E-state index in [0.717, 1.165) is 28.9 Å². The summed E-state index contributed by atoms with van der Waals surface area (Å²) in [5, 5.41) is 0. The van der Waals surface area contributed by atoms with Gasteiger partial charge in [-0.25, -0.2) is 4.98 Å². The topological polar surface area (TPSA) is 39.2 Å². The number of Topliss-reactive ketones (excluding diaryl/α,β-unsaturated/α-hetero) is 1. The van der Waals surface area contributed by atoms with E-state index in [1.165, 1.54) is 0 Å². The Bertz CT molecular complexity index is 605. The molecule has 0 fully saturated rings. The molecule has 0 spiro atoms. The zero-order valence-corrected chi connectivity index (χ0v) is 9.43. The number of fused-ring (bicyclic) bond motifs is 2. The molecule has 0 saturated heterocycles. The molecule has 0 unspecified atom stereocenters. The molecule has 17 heavy (non-hydrogen) atoms. The lowest BCUT2D eigenvalue weighted by molar-refractivity contribution is 0.101. The fourth-order valence-corrected chi connectivity index (χ4v) is 2.00. The van der Waals surface area contributed by atoms with Gasteiger partial charge in [0.1, 0.15) is 5.75 Å². The van der Waals surface area contributed by atoms with Crippen LogP contribution in [-0.4, -0.2) is 10.8 Å². The highest BCUT2D eigenvalue weighted by atomic mass is 16.5. The van der Waals surface area contributed by atoms with E-state index in [0.29, 0.717) is 5.88 Å². The van der Waals surface area contributed by atoms with Crippen LogP contribution in [0.1, 0.15) is 28.4 Å². The van der Waals surface area contributed by atoms with Gasteiger partial charge in [-0.05, 0) is 31.2 Å². The van der Waals surface area contributed by atoms with Crippen LogP contribution in [0, 0.1) is 0 Å². The molecule has 0 radical (unpaired) electrons. The fraction of sp³-hybridized carbons (Fsp3) is 0.143. The number of carbonyl (C=O) groups is 1. The molecule has 1 aromatic carbocycles. The van der Waals surface area contributed by atoms with E-state index in [2.05, 4.69) is 4.98 Å². The summed E-state index contributed by atoms with van der Waals surface area (Å²) in [6.45, 7) is 1.57. The smallest absolute Gasteiger partial charge is 0.222 e. The van der Waals surface area contributed by atoms with Crippen molar-refractivity contribution in [3.63, 3.8) is 0 Å². The maximum Gasteiger partial charge on any atom is 0.222 e. The zero-order chi connectivity index (χ0) is 11.8. The van der Waals surface area contributed by atoms with Crippen LogP contribution in [0.3, 0.4) is 0 Å². The second-order valence-corrected chi connectivity index (χ2v) is 4.13. The number of aromatic nitrogens is 1. The standard InChI is InChI=1S/C14H11NO2/c1-9(16)10-4-5-13-12(7-10)8-11-3-2-6-15-14(11)17-13/h2-7H,8H2,1H3. The molecule has 3 rings (SSSR count). The van der Waals surface area contributed by atoms with Crippen LogP contribution in [-0.2, 0) is 6.42 Å². The van der Waals surface area contributed by atoms with Crippen LogP contribution in [0.2, 0.25) is 0 Å². The Kier molecular flexibility index (Phi) is 2.18. The van der Waals surface area contributed by atoms with Gasteiger partial charge in [0.2, 0.25) is 5.88 Å². The third kappa shape index (κ3) is 1.69. The van der Waals surface area contributed by atoms with Gasteiger partial charge >= 0.3 is 0 Å². The maximum atomic E-state index is 11.3. The first-order valence-corrected chi connectivity index (χ1v) is 5.49. The van der Waals surface area contributed by atoms with Crippen molar-refractivity contribution in [2.75, 3.05) is 0 Å². The Morgan fingerprint density at radius 3 is 3.00 bits per heavy atom. The quantitative estimate of drug-likeness (QED) is 0.598. The van der Waals surface area contributed by atoms with Gasteiger partial charge < -0.3 is 4.74 Å². The van der Waals surface area contributed by atoms with E-state index in [9.17, 15) is 4.79 Å². The van der Waals surface area contributed by atoms with Gasteiger partial charge in [-0.15, -0.1) is 0 Å². The van der Waals surface area contributed by atoms with E-state index in [-0.39, 0.29) is 5.78 Å². The van der Waals surface area contributed by atoms with Crippen LogP contribution >= 0.6 is 0 Å². The highest BCUT2D eigenvalue weighted by molar-refractivity contribution is 5.94. The Morgan fingerprint density at radius 2 is 2.18 bits per heavy atom. The van der Waals surface area contributed by atoms with Gasteiger partial charge in [0.05, 0.1) is 0 Å². The molecule has 2 aromatic rings. The summed E-state index contributed by atoms with van der Waals surface area (Å²) >= 11 is 0. The van der Waals surface area contributed by atoms with Crippen molar-refractivity contribution < 1.29 is 9.53 Å². The second kappa shape index (κ2) is 3.70. The van der Waals surface area contributed by atoms with E-state index in [1.807, 2.05) is 24.3 Å². The summed E-state index contributed by atoms with van der Waals surface area (Å²) in [5.41, 5.74) is 2.82. The molecular weight excluding hydrogens is 214 g/mol. The van der Waals surface area contributed by atoms with Gasteiger partial charge in [-0.2, -0.15) is 0 Å². The van der Waals surface area contributed by atoms with Crippen LogP contribution < -0.4 is 4.74 Å². The van der Waals surface area contributed by atoms with Gasteiger partial charge in [0.15, 0.2) is 5.78 Å². The lowest BCUT2D eigenvalue weighted by atomic mass is 9.99. The number of ketones is 1. The predicted octanol–water partition coefficient (Wildman–Crippen LogP) is 2.98. The molecule has 3 heteroatoms. The van der Waals surface area contributed by atoms with Crippen LogP contribution in [0.4, 0.5) is 0 Å². The monoisotopic (exact) mass is 225 g/mol. The van der Waals surface area contributed by atoms with Crippen molar-refractivity contribution in [2.24, 2.45) is 0 Å². The summed E-state index contributed by atoms with van der Waals surface area (Å²) in [6.07, 6.45) is 2.48. The van der Waals surface area contributed by atoms with Crippen LogP contribution in [0.15, 0.2) is 36.5 Å². The Balaban J connectivity index is 2.06. The Morgan fingerprint density at radius 1 is 1.29 bits per heavy atom. The summed E-state index contributed by atoms with van der Waals surface area (Å²) in [6, 6.07) is 9.40. The van der Waals surface area contributed by atoms with Gasteiger partial charge in [0, 0.05) is 29.3 Å². The average Bonchev–Trinajstić information content (AvgIpc) is 2.35. The minimum atomic E-state index is 0.0739. The summed E-state index contributed by atoms with van der Waals surface area (Å²) in [4.78, 5) is 15.5. The molecule has 0 amide bonds. The molecule has 1 aromatic heterocycles. The van der Waals surface area contributed by atoms with Crippen molar-refractivity contribution in [1.82, 2.24) is 4.98 Å². The number of carbonyl (C=O) groups excluding carboxylic acids is 1. The van der Waals surface area contributed by atoms with Gasteiger partial charge in [-0.3, -0.25) is 4.79 Å². The number of benzene rings is 1. The van der Waals surface area contributed by atoms with Crippen LogP contribution in [0.25, 0.3) is 0 Å². The number of hydrogen-bond acceptors (Lipinski definition) is 3. The molecule has 0 bridgehead atoms. The van der Waals surface area contributed by atoms with Gasteiger partial charge in [-0.1, -0.05) is 6.07 Å². The van der Waals surface area contributed by atoms with Crippen LogP contribution in [0.5, 0.6) is 11.6 Å². The third-order valence-corrected chi connectivity index (χ3v) is 2.90. The molecule has 84 valence electrons. The SMILES string of the molecule is CC(=O)c1ccc2c(c1)Cc1cccnc1O2. The summed E-state index contributed by atoms with van der Waals surface area (Å²) in [7, 11) is 0. The molecule has 1 aliphatic heterocycles. The molecule has 0 N–H and O–H groups in total. The van der Waals surface area contributed by atoms with E-state index >= 15 is 0 Å². The molecule has 0 atom stereocenters. The molecule has 0 aliphatic carbocycles. The zero-order valence-electron chi connectivity index (χ0n) is 9.43. The summed E-state index contributed by atoms with van der Waals surface area (Å²) < 4.78 is 5.69. The highest BCUT2D eigenvalue weighted by Crippen LogP contribution is 2.35. The van der Waals surface area contributed by atoms with E-state index in [4.69, 9.17) is 4.74 Å². The average molecular weight is 225 g/mol. The molecule has 2 heterocycles. The van der Waals surface area contributed by atoms with Crippen molar-refractivity contribution in [3.8, 4) is 11.6 Å². The summed E-state index contributed by atoms with van der Waals surface area (Å²) in [5.74, 6) is 1.53. The second-order valence-electron chi connectivity index (χ2n) is 4.13. The molecule has 3 nitrogen and oxygen atoms in total. The van der Waals surface area contributed by atoms with Crippen molar-refractivity contribution in [3.05, 3.63) is 53.2 Å². The Hall–Kier alpha value is -2.16. The van der Waals surface area contributed by atoms with Gasteiger partial charge in [0.25, 0.3) is 0 Å². The van der Waals surface area contributed by atoms with E-state index in [1.54, 1.807) is 19.2 Å². The largest absolute Gasteiger partial charge is 0.438 e. The van der Waals surface area contributed by atoms with Crippen molar-refractivity contribution in [2.45, 2.75) is 13.3 Å². The minimum Gasteiger partial charge on any atom is -0.438 e. The fourth-order valence-electron chi connectivity index (χ4n) is 2.00. The first-order valence-electron chi connectivity index (χ1n) is 5.49. The minimum absolute atomic E-state index is 0.0739. The number of ether oxygens (including phenoxy) is 1. The molecule has 0 saturated carbocycles. The lowest BCUT2D eigenvalue weighted by Gasteiger charge is -2.19. The lowest BCUT2D eigenvalue weighted by Crippen LogP contribution is -2.05. The highest BCUT2D eigenvalue weighted by Gasteiger charge is 2.18. The number of hydrogen-bond donors (Lipinski definition) is 0. The maximum absolute atomic E-state index is 11.3. The van der Waals surface area contributed by atoms with E-state index < -0.39 is 0 Å².